The number of nitrogens with one attached hydrogen (secondary N) is 1. The van der Waals surface area contributed by atoms with Crippen LogP contribution < -0.4 is 5.32 Å². The quantitative estimate of drug-likeness (QED) is 0.876. The summed E-state index contributed by atoms with van der Waals surface area (Å²) in [7, 11) is 0. The van der Waals surface area contributed by atoms with E-state index in [0.717, 1.165) is 42.3 Å². The van der Waals surface area contributed by atoms with Crippen LogP contribution in [0, 0.1) is 0 Å². The van der Waals surface area contributed by atoms with Gasteiger partial charge >= 0.3 is 0 Å². The van der Waals surface area contributed by atoms with Gasteiger partial charge in [-0.1, -0.05) is 31.2 Å². The summed E-state index contributed by atoms with van der Waals surface area (Å²) in [6.07, 6.45) is 5.31. The normalized spacial score (nSPS) is 17.1. The van der Waals surface area contributed by atoms with E-state index in [1.54, 1.807) is 0 Å². The van der Waals surface area contributed by atoms with E-state index < -0.39 is 6.04 Å². The topological polar surface area (TPSA) is 59.1 Å². The molecule has 1 saturated heterocycles. The van der Waals surface area contributed by atoms with Crippen molar-refractivity contribution in [3.05, 3.63) is 65.0 Å². The Morgan fingerprint density at radius 2 is 1.79 bits per heavy atom. The smallest absolute Gasteiger partial charge is 0.287 e. The summed E-state index contributed by atoms with van der Waals surface area (Å²) in [5.74, 6) is 0. The molecule has 1 unspecified atom stereocenters. The Morgan fingerprint density at radius 3 is 2.46 bits per heavy atom. The van der Waals surface area contributed by atoms with Crippen molar-refractivity contribution in [2.45, 2.75) is 38.6 Å². The Labute approximate surface area is 146 Å². The van der Waals surface area contributed by atoms with Gasteiger partial charge in [-0.3, -0.25) is 14.6 Å². The minimum absolute atomic E-state index is 0.0917. The lowest BCUT2D eigenvalue weighted by molar-refractivity contribution is -0.112. The van der Waals surface area contributed by atoms with E-state index in [4.69, 9.17) is 0 Å². The van der Waals surface area contributed by atoms with Crippen molar-refractivity contribution < 1.29 is 9.59 Å². The van der Waals surface area contributed by atoms with Gasteiger partial charge in [0.15, 0.2) is 0 Å². The summed E-state index contributed by atoms with van der Waals surface area (Å²) in [5, 5.41) is 2.35. The summed E-state index contributed by atoms with van der Waals surface area (Å²) in [4.78, 5) is 27.3. The molecular formula is C19H20N2O2S. The average Bonchev–Trinajstić information content (AvgIpc) is 2.91. The summed E-state index contributed by atoms with van der Waals surface area (Å²) in [6, 6.07) is 12.1. The zero-order chi connectivity index (χ0) is 16.9. The molecule has 4 nitrogen and oxygen atoms in total. The molecule has 2 aromatic rings. The molecule has 124 valence electrons. The van der Waals surface area contributed by atoms with Crippen molar-refractivity contribution in [2.75, 3.05) is 0 Å². The van der Waals surface area contributed by atoms with Crippen molar-refractivity contribution in [3.63, 3.8) is 0 Å². The molecule has 1 fully saturated rings. The fourth-order valence-corrected chi connectivity index (χ4v) is 3.43. The van der Waals surface area contributed by atoms with Crippen LogP contribution in [-0.2, 0) is 30.5 Å². The Kier molecular flexibility index (Phi) is 5.30. The second kappa shape index (κ2) is 7.62. The molecule has 0 bridgehead atoms. The second-order valence-electron chi connectivity index (χ2n) is 5.94. The third kappa shape index (κ3) is 4.23. The molecule has 2 heterocycles. The van der Waals surface area contributed by atoms with Crippen molar-refractivity contribution in [3.8, 4) is 0 Å². The Hall–Kier alpha value is -2.14. The molecule has 1 atom stereocenters. The van der Waals surface area contributed by atoms with Crippen LogP contribution in [0.15, 0.2) is 42.6 Å². The molecule has 1 amide bonds. The van der Waals surface area contributed by atoms with Crippen molar-refractivity contribution in [1.29, 1.82) is 0 Å². The number of nitrogens with zero attached hydrogens (tertiary/aromatic N) is 1. The predicted molar refractivity (Wildman–Crippen MR) is 96.1 cm³/mol. The molecule has 0 aliphatic carbocycles. The number of carbonyl (C=O) groups excluding carboxylic acids is 2. The molecule has 0 radical (unpaired) electrons. The van der Waals surface area contributed by atoms with E-state index in [1.165, 1.54) is 11.1 Å². The first-order valence-corrected chi connectivity index (χ1v) is 8.99. The highest BCUT2D eigenvalue weighted by molar-refractivity contribution is 8.26. The first-order valence-electron chi connectivity index (χ1n) is 8.18. The van der Waals surface area contributed by atoms with Crippen molar-refractivity contribution in [2.24, 2.45) is 0 Å². The minimum atomic E-state index is -0.394. The van der Waals surface area contributed by atoms with E-state index in [0.29, 0.717) is 6.42 Å². The van der Waals surface area contributed by atoms with Crippen molar-refractivity contribution in [1.82, 2.24) is 10.3 Å². The molecule has 5 heteroatoms. The van der Waals surface area contributed by atoms with E-state index in [1.807, 2.05) is 18.3 Å². The molecule has 1 aliphatic rings. The zero-order valence-electron chi connectivity index (χ0n) is 13.6. The third-order valence-corrected chi connectivity index (χ3v) is 4.98. The monoisotopic (exact) mass is 340 g/mol. The molecule has 1 aliphatic heterocycles. The first kappa shape index (κ1) is 16.7. The maximum atomic E-state index is 11.6. The lowest BCUT2D eigenvalue weighted by atomic mass is 10.0. The SMILES string of the molecule is CCc1ccnc(CCc2ccc(CC3NC(=O)SC3=O)cc2)c1. The van der Waals surface area contributed by atoms with Crippen LogP contribution in [0.3, 0.4) is 0 Å². The third-order valence-electron chi connectivity index (χ3n) is 4.19. The van der Waals surface area contributed by atoms with Gasteiger partial charge in [-0.25, -0.2) is 0 Å². The van der Waals surface area contributed by atoms with Gasteiger partial charge in [0, 0.05) is 30.1 Å². The van der Waals surface area contributed by atoms with Gasteiger partial charge in [0.1, 0.15) is 6.04 Å². The van der Waals surface area contributed by atoms with Crippen LogP contribution >= 0.6 is 11.8 Å². The number of hydrogen-bond acceptors (Lipinski definition) is 4. The number of hydrogen-bond donors (Lipinski definition) is 1. The Bertz CT molecular complexity index is 743. The van der Waals surface area contributed by atoms with E-state index in [-0.39, 0.29) is 10.4 Å². The summed E-state index contributed by atoms with van der Waals surface area (Å²) >= 11 is 0.764. The second-order valence-corrected chi connectivity index (χ2v) is 6.91. The molecule has 3 rings (SSSR count). The molecule has 24 heavy (non-hydrogen) atoms. The number of benzene rings is 1. The lowest BCUT2D eigenvalue weighted by Gasteiger charge is -2.09. The van der Waals surface area contributed by atoms with Gasteiger partial charge in [0.25, 0.3) is 5.24 Å². The highest BCUT2D eigenvalue weighted by Crippen LogP contribution is 2.19. The average molecular weight is 340 g/mol. The molecule has 1 aromatic heterocycles. The molecule has 0 spiro atoms. The fourth-order valence-electron chi connectivity index (χ4n) is 2.76. The van der Waals surface area contributed by atoms with Crippen molar-refractivity contribution >= 4 is 22.1 Å². The van der Waals surface area contributed by atoms with Crippen LogP contribution in [-0.4, -0.2) is 21.4 Å². The largest absolute Gasteiger partial charge is 0.335 e. The Balaban J connectivity index is 1.56. The van der Waals surface area contributed by atoms with Crippen LogP contribution in [0.4, 0.5) is 4.79 Å². The maximum absolute atomic E-state index is 11.6. The van der Waals surface area contributed by atoms with Gasteiger partial charge in [0.2, 0.25) is 5.12 Å². The minimum Gasteiger partial charge on any atom is -0.335 e. The van der Waals surface area contributed by atoms with Crippen LogP contribution in [0.1, 0.15) is 29.3 Å². The highest BCUT2D eigenvalue weighted by atomic mass is 32.2. The number of aromatic nitrogens is 1. The van der Waals surface area contributed by atoms with Gasteiger partial charge in [-0.05, 0) is 48.1 Å². The number of carbonyl (C=O) groups is 2. The predicted octanol–water partition coefficient (Wildman–Crippen LogP) is 3.32. The maximum Gasteiger partial charge on any atom is 0.287 e. The zero-order valence-corrected chi connectivity index (χ0v) is 14.4. The van der Waals surface area contributed by atoms with Crippen LogP contribution in [0.25, 0.3) is 0 Å². The Morgan fingerprint density at radius 1 is 1.04 bits per heavy atom. The summed E-state index contributed by atoms with van der Waals surface area (Å²) in [5.41, 5.74) is 4.75. The highest BCUT2D eigenvalue weighted by Gasteiger charge is 2.31. The van der Waals surface area contributed by atoms with Crippen LogP contribution in [0.2, 0.25) is 0 Å². The molecule has 1 N–H and O–H groups in total. The number of pyridine rings is 1. The van der Waals surface area contributed by atoms with Gasteiger partial charge < -0.3 is 5.32 Å². The lowest BCUT2D eigenvalue weighted by Crippen LogP contribution is -2.30. The van der Waals surface area contributed by atoms with E-state index >= 15 is 0 Å². The van der Waals surface area contributed by atoms with Gasteiger partial charge in [0.05, 0.1) is 0 Å². The van der Waals surface area contributed by atoms with Crippen LogP contribution in [0.5, 0.6) is 0 Å². The van der Waals surface area contributed by atoms with Gasteiger partial charge in [-0.15, -0.1) is 0 Å². The molecular weight excluding hydrogens is 320 g/mol. The molecule has 0 saturated carbocycles. The number of amides is 1. The molecule has 1 aromatic carbocycles. The number of aryl methyl sites for hydroxylation is 3. The summed E-state index contributed by atoms with van der Waals surface area (Å²) < 4.78 is 0. The fraction of sp³-hybridized carbons (Fsp3) is 0.316. The number of rotatable bonds is 6. The van der Waals surface area contributed by atoms with E-state index in [2.05, 4.69) is 41.5 Å². The first-order chi connectivity index (χ1) is 11.6. The number of thioether (sulfide) groups is 1. The standard InChI is InChI=1S/C19H20N2O2S/c1-2-13-9-10-20-16(11-13)8-7-14-3-5-15(6-4-14)12-17-18(22)24-19(23)21-17/h3-6,9-11,17H,2,7-8,12H2,1H3,(H,21,23). The van der Waals surface area contributed by atoms with Gasteiger partial charge in [-0.2, -0.15) is 0 Å². The summed E-state index contributed by atoms with van der Waals surface area (Å²) in [6.45, 7) is 2.15. The van der Waals surface area contributed by atoms with E-state index in [9.17, 15) is 9.59 Å².